The van der Waals surface area contributed by atoms with Crippen molar-refractivity contribution in [3.05, 3.63) is 56.0 Å². The summed E-state index contributed by atoms with van der Waals surface area (Å²) in [5.41, 5.74) is 1.73. The van der Waals surface area contributed by atoms with Gasteiger partial charge in [0.2, 0.25) is 0 Å². The fourth-order valence-corrected chi connectivity index (χ4v) is 3.19. The second kappa shape index (κ2) is 9.64. The van der Waals surface area contributed by atoms with E-state index in [4.69, 9.17) is 32.7 Å². The van der Waals surface area contributed by atoms with Gasteiger partial charge in [-0.25, -0.2) is 0 Å². The summed E-state index contributed by atoms with van der Waals surface area (Å²) in [7, 11) is 1.59. The van der Waals surface area contributed by atoms with Crippen LogP contribution in [0.4, 0.5) is 0 Å². The largest absolute Gasteiger partial charge is 0.493 e. The van der Waals surface area contributed by atoms with E-state index in [-0.39, 0.29) is 6.61 Å². The second-order valence-corrected chi connectivity index (χ2v) is 7.23. The molecule has 1 unspecified atom stereocenters. The van der Waals surface area contributed by atoms with Crippen LogP contribution in [0.5, 0.6) is 11.5 Å². The standard InChI is InChI=1S/C18H20BrCl2NO3/c1-11(23)8-22-9-12-6-17(24-2)18(7-14(12)19)25-10-13-15(20)4-3-5-16(13)21/h3-7,11,22-23H,8-10H2,1-2H3. The summed E-state index contributed by atoms with van der Waals surface area (Å²) in [4.78, 5) is 0. The van der Waals surface area contributed by atoms with Crippen molar-refractivity contribution in [3.8, 4) is 11.5 Å². The number of benzene rings is 2. The van der Waals surface area contributed by atoms with E-state index in [0.717, 1.165) is 15.6 Å². The summed E-state index contributed by atoms with van der Waals surface area (Å²) in [6, 6.07) is 9.08. The molecule has 0 saturated carbocycles. The van der Waals surface area contributed by atoms with Crippen molar-refractivity contribution in [1.82, 2.24) is 5.32 Å². The Morgan fingerprint density at radius 1 is 1.20 bits per heavy atom. The SMILES string of the molecule is COc1cc(CNCC(C)O)c(Br)cc1OCc1c(Cl)cccc1Cl. The predicted octanol–water partition coefficient (Wildman–Crippen LogP) is 4.81. The smallest absolute Gasteiger partial charge is 0.162 e. The van der Waals surface area contributed by atoms with Gasteiger partial charge in [-0.15, -0.1) is 0 Å². The third kappa shape index (κ3) is 5.76. The number of nitrogens with one attached hydrogen (secondary N) is 1. The van der Waals surface area contributed by atoms with E-state index in [1.807, 2.05) is 12.1 Å². The zero-order valence-electron chi connectivity index (χ0n) is 14.0. The summed E-state index contributed by atoms with van der Waals surface area (Å²) in [5, 5.41) is 13.6. The van der Waals surface area contributed by atoms with Crippen LogP contribution in [-0.4, -0.2) is 24.9 Å². The molecule has 0 aliphatic rings. The van der Waals surface area contributed by atoms with Gasteiger partial charge in [0.1, 0.15) is 6.61 Å². The van der Waals surface area contributed by atoms with Gasteiger partial charge in [0.15, 0.2) is 11.5 Å². The molecule has 0 spiro atoms. The zero-order chi connectivity index (χ0) is 18.4. The van der Waals surface area contributed by atoms with Crippen LogP contribution >= 0.6 is 39.1 Å². The van der Waals surface area contributed by atoms with E-state index in [2.05, 4.69) is 21.2 Å². The highest BCUT2D eigenvalue weighted by Gasteiger charge is 2.13. The molecular formula is C18H20BrCl2NO3. The lowest BCUT2D eigenvalue weighted by atomic mass is 10.2. The lowest BCUT2D eigenvalue weighted by Crippen LogP contribution is -2.24. The molecule has 2 rings (SSSR count). The van der Waals surface area contributed by atoms with Crippen LogP contribution < -0.4 is 14.8 Å². The molecular weight excluding hydrogens is 429 g/mol. The fraction of sp³-hybridized carbons (Fsp3) is 0.333. The first-order chi connectivity index (χ1) is 11.9. The van der Waals surface area contributed by atoms with Crippen LogP contribution in [0.25, 0.3) is 0 Å². The number of hydrogen-bond acceptors (Lipinski definition) is 4. The highest BCUT2D eigenvalue weighted by atomic mass is 79.9. The highest BCUT2D eigenvalue weighted by Crippen LogP contribution is 2.35. The minimum absolute atomic E-state index is 0.237. The van der Waals surface area contributed by atoms with Gasteiger partial charge in [-0.05, 0) is 36.8 Å². The number of aliphatic hydroxyl groups is 1. The van der Waals surface area contributed by atoms with Crippen molar-refractivity contribution < 1.29 is 14.6 Å². The third-order valence-electron chi connectivity index (χ3n) is 3.52. The van der Waals surface area contributed by atoms with Crippen molar-refractivity contribution in [3.63, 3.8) is 0 Å². The minimum atomic E-state index is -0.399. The molecule has 4 nitrogen and oxygen atoms in total. The molecule has 0 saturated heterocycles. The lowest BCUT2D eigenvalue weighted by Gasteiger charge is -2.15. The molecule has 136 valence electrons. The topological polar surface area (TPSA) is 50.7 Å². The van der Waals surface area contributed by atoms with Crippen LogP contribution in [-0.2, 0) is 13.2 Å². The van der Waals surface area contributed by atoms with Gasteiger partial charge < -0.3 is 19.9 Å². The van der Waals surface area contributed by atoms with Gasteiger partial charge in [0.25, 0.3) is 0 Å². The Hall–Kier alpha value is -0.980. The second-order valence-electron chi connectivity index (χ2n) is 5.56. The fourth-order valence-electron chi connectivity index (χ4n) is 2.22. The van der Waals surface area contributed by atoms with Crippen LogP contribution in [0.2, 0.25) is 10.0 Å². The number of hydrogen-bond donors (Lipinski definition) is 2. The molecule has 0 aromatic heterocycles. The van der Waals surface area contributed by atoms with Gasteiger partial charge in [0.05, 0.1) is 13.2 Å². The molecule has 0 fully saturated rings. The van der Waals surface area contributed by atoms with E-state index in [1.54, 1.807) is 32.2 Å². The maximum absolute atomic E-state index is 9.33. The first-order valence-corrected chi connectivity index (χ1v) is 9.28. The molecule has 0 aliphatic heterocycles. The van der Waals surface area contributed by atoms with E-state index in [1.165, 1.54) is 0 Å². The van der Waals surface area contributed by atoms with Crippen molar-refractivity contribution in [2.75, 3.05) is 13.7 Å². The molecule has 0 radical (unpaired) electrons. The molecule has 0 bridgehead atoms. The summed E-state index contributed by atoms with van der Waals surface area (Å²) in [5.74, 6) is 1.20. The Kier molecular flexibility index (Phi) is 7.84. The predicted molar refractivity (Wildman–Crippen MR) is 105 cm³/mol. The van der Waals surface area contributed by atoms with E-state index < -0.39 is 6.10 Å². The van der Waals surface area contributed by atoms with Crippen molar-refractivity contribution in [1.29, 1.82) is 0 Å². The Morgan fingerprint density at radius 3 is 2.48 bits per heavy atom. The zero-order valence-corrected chi connectivity index (χ0v) is 17.1. The van der Waals surface area contributed by atoms with Crippen molar-refractivity contribution in [2.24, 2.45) is 0 Å². The van der Waals surface area contributed by atoms with Gasteiger partial charge in [-0.2, -0.15) is 0 Å². The van der Waals surface area contributed by atoms with Gasteiger partial charge in [0, 0.05) is 33.2 Å². The van der Waals surface area contributed by atoms with E-state index in [0.29, 0.717) is 34.6 Å². The monoisotopic (exact) mass is 447 g/mol. The number of ether oxygens (including phenoxy) is 2. The van der Waals surface area contributed by atoms with Crippen molar-refractivity contribution in [2.45, 2.75) is 26.2 Å². The number of aliphatic hydroxyl groups excluding tert-OH is 1. The minimum Gasteiger partial charge on any atom is -0.493 e. The summed E-state index contributed by atoms with van der Waals surface area (Å²) < 4.78 is 12.2. The molecule has 7 heteroatoms. The first-order valence-electron chi connectivity index (χ1n) is 7.73. The van der Waals surface area contributed by atoms with Crippen molar-refractivity contribution >= 4 is 39.1 Å². The summed E-state index contributed by atoms with van der Waals surface area (Å²) >= 11 is 15.9. The Labute approximate surface area is 166 Å². The van der Waals surface area contributed by atoms with Crippen LogP contribution in [0.15, 0.2) is 34.8 Å². The Morgan fingerprint density at radius 2 is 1.88 bits per heavy atom. The third-order valence-corrected chi connectivity index (χ3v) is 4.97. The molecule has 0 amide bonds. The number of halogens is 3. The van der Waals surface area contributed by atoms with Crippen LogP contribution in [0.3, 0.4) is 0 Å². The summed E-state index contributed by atoms with van der Waals surface area (Å²) in [6.07, 6.45) is -0.399. The number of methoxy groups -OCH3 is 1. The summed E-state index contributed by atoms with van der Waals surface area (Å²) in [6.45, 7) is 3.08. The molecule has 0 aliphatic carbocycles. The molecule has 2 aromatic carbocycles. The Balaban J connectivity index is 2.14. The average Bonchev–Trinajstić information content (AvgIpc) is 2.55. The van der Waals surface area contributed by atoms with Gasteiger partial charge >= 0.3 is 0 Å². The average molecular weight is 449 g/mol. The molecule has 0 heterocycles. The first kappa shape index (κ1) is 20.3. The van der Waals surface area contributed by atoms with Gasteiger partial charge in [-0.3, -0.25) is 0 Å². The maximum Gasteiger partial charge on any atom is 0.162 e. The maximum atomic E-state index is 9.33. The van der Waals surface area contributed by atoms with Crippen LogP contribution in [0, 0.1) is 0 Å². The van der Waals surface area contributed by atoms with Gasteiger partial charge in [-0.1, -0.05) is 45.2 Å². The normalized spacial score (nSPS) is 12.1. The van der Waals surface area contributed by atoms with E-state index >= 15 is 0 Å². The Bertz CT molecular complexity index is 705. The molecule has 2 N–H and O–H groups in total. The number of rotatable bonds is 8. The quantitative estimate of drug-likeness (QED) is 0.608. The van der Waals surface area contributed by atoms with Crippen LogP contribution in [0.1, 0.15) is 18.1 Å². The molecule has 25 heavy (non-hydrogen) atoms. The lowest BCUT2D eigenvalue weighted by molar-refractivity contribution is 0.191. The van der Waals surface area contributed by atoms with E-state index in [9.17, 15) is 5.11 Å². The highest BCUT2D eigenvalue weighted by molar-refractivity contribution is 9.10. The molecule has 2 aromatic rings. The molecule has 1 atom stereocenters.